The second-order valence-electron chi connectivity index (χ2n) is 6.76. The van der Waals surface area contributed by atoms with E-state index < -0.39 is 11.6 Å². The molecule has 0 radical (unpaired) electrons. The number of fused-ring (bicyclic) bond motifs is 3. The van der Waals surface area contributed by atoms with Gasteiger partial charge in [0, 0.05) is 23.7 Å². The van der Waals surface area contributed by atoms with Crippen LogP contribution in [-0.2, 0) is 13.0 Å². The molecule has 0 fully saturated rings. The second-order valence-corrected chi connectivity index (χ2v) is 6.76. The average Bonchev–Trinajstić information content (AvgIpc) is 3.09. The molecule has 1 N–H and O–H groups in total. The second kappa shape index (κ2) is 7.14. The van der Waals surface area contributed by atoms with Gasteiger partial charge in [-0.3, -0.25) is 0 Å². The van der Waals surface area contributed by atoms with E-state index in [2.05, 4.69) is 14.9 Å². The molecule has 1 atom stereocenters. The Morgan fingerprint density at radius 1 is 1.11 bits per heavy atom. The highest BCUT2D eigenvalue weighted by atomic mass is 19.1. The Hall–Kier alpha value is -3.09. The number of rotatable bonds is 5. The van der Waals surface area contributed by atoms with Gasteiger partial charge < -0.3 is 19.4 Å². The van der Waals surface area contributed by atoms with Gasteiger partial charge in [-0.1, -0.05) is 6.07 Å². The first-order chi connectivity index (χ1) is 13.5. The number of hydrogen-bond acceptors (Lipinski definition) is 4. The molecule has 146 valence electrons. The third-order valence-electron chi connectivity index (χ3n) is 5.12. The van der Waals surface area contributed by atoms with Crippen LogP contribution in [0.4, 0.5) is 14.7 Å². The van der Waals surface area contributed by atoms with Gasteiger partial charge in [0.05, 0.1) is 32.2 Å². The minimum absolute atomic E-state index is 0.362. The van der Waals surface area contributed by atoms with Crippen LogP contribution in [0.3, 0.4) is 0 Å². The maximum Gasteiger partial charge on any atom is 0.203 e. The first-order valence-electron chi connectivity index (χ1n) is 9.04. The summed E-state index contributed by atoms with van der Waals surface area (Å²) in [6.07, 6.45) is 2.60. The number of aromatic nitrogens is 2. The number of nitrogens with one attached hydrogen (secondary N) is 1. The zero-order chi connectivity index (χ0) is 19.8. The Morgan fingerprint density at radius 3 is 2.57 bits per heavy atom. The fraction of sp³-hybridized carbons (Fsp3) is 0.286. The number of nitrogens with zero attached hydrogens (tertiary/aromatic N) is 2. The van der Waals surface area contributed by atoms with Crippen molar-refractivity contribution < 1.29 is 18.3 Å². The number of halogens is 2. The van der Waals surface area contributed by atoms with E-state index in [1.54, 1.807) is 20.4 Å². The van der Waals surface area contributed by atoms with Crippen molar-refractivity contribution in [3.8, 4) is 22.8 Å². The van der Waals surface area contributed by atoms with E-state index in [0.29, 0.717) is 23.0 Å². The van der Waals surface area contributed by atoms with Crippen molar-refractivity contribution in [2.75, 3.05) is 19.5 Å². The van der Waals surface area contributed by atoms with Crippen LogP contribution in [0.25, 0.3) is 11.3 Å². The Kier molecular flexibility index (Phi) is 4.66. The molecule has 0 saturated carbocycles. The lowest BCUT2D eigenvalue weighted by atomic mass is 9.98. The van der Waals surface area contributed by atoms with E-state index in [1.165, 1.54) is 12.1 Å². The molecule has 28 heavy (non-hydrogen) atoms. The van der Waals surface area contributed by atoms with Crippen LogP contribution in [0, 0.1) is 11.6 Å². The van der Waals surface area contributed by atoms with Gasteiger partial charge >= 0.3 is 0 Å². The van der Waals surface area contributed by atoms with Crippen LogP contribution in [0.1, 0.15) is 24.1 Å². The van der Waals surface area contributed by atoms with Crippen LogP contribution in [0.15, 0.2) is 36.5 Å². The lowest BCUT2D eigenvalue weighted by molar-refractivity contribution is 0.354. The van der Waals surface area contributed by atoms with Crippen molar-refractivity contribution in [1.82, 2.24) is 9.55 Å². The Bertz CT molecular complexity index is 1030. The summed E-state index contributed by atoms with van der Waals surface area (Å²) in [6.45, 7) is 2.56. The summed E-state index contributed by atoms with van der Waals surface area (Å²) >= 11 is 0. The Morgan fingerprint density at radius 2 is 1.86 bits per heavy atom. The predicted molar refractivity (Wildman–Crippen MR) is 103 cm³/mol. The molecule has 0 saturated heterocycles. The molecular weight excluding hydrogens is 364 g/mol. The first-order valence-corrected chi connectivity index (χ1v) is 9.04. The topological polar surface area (TPSA) is 48.3 Å². The molecule has 1 aliphatic heterocycles. The lowest BCUT2D eigenvalue weighted by Crippen LogP contribution is -2.17. The summed E-state index contributed by atoms with van der Waals surface area (Å²) in [6, 6.07) is 7.19. The van der Waals surface area contributed by atoms with E-state index in [-0.39, 0.29) is 6.04 Å². The third kappa shape index (κ3) is 3.06. The molecule has 1 aromatic heterocycles. The summed E-state index contributed by atoms with van der Waals surface area (Å²) in [7, 11) is 3.23. The highest BCUT2D eigenvalue weighted by molar-refractivity contribution is 5.71. The van der Waals surface area contributed by atoms with Gasteiger partial charge in [0.25, 0.3) is 0 Å². The van der Waals surface area contributed by atoms with E-state index in [1.807, 2.05) is 19.1 Å². The van der Waals surface area contributed by atoms with Crippen molar-refractivity contribution in [3.63, 3.8) is 0 Å². The molecular formula is C21H21F2N3O2. The molecule has 2 aromatic carbocycles. The highest BCUT2D eigenvalue weighted by Gasteiger charge is 2.23. The maximum absolute atomic E-state index is 14.1. The average molecular weight is 385 g/mol. The lowest BCUT2D eigenvalue weighted by Gasteiger charge is -2.23. The largest absolute Gasteiger partial charge is 0.493 e. The molecule has 2 heterocycles. The number of aryl methyl sites for hydroxylation is 1. The van der Waals surface area contributed by atoms with E-state index in [9.17, 15) is 8.78 Å². The van der Waals surface area contributed by atoms with E-state index in [4.69, 9.17) is 9.47 Å². The van der Waals surface area contributed by atoms with Gasteiger partial charge in [-0.15, -0.1) is 0 Å². The smallest absolute Gasteiger partial charge is 0.203 e. The van der Waals surface area contributed by atoms with Crippen molar-refractivity contribution >= 4 is 5.95 Å². The standard InChI is InChI=1S/C21H21F2N3O2/c1-12(15-5-4-14(22)9-17(15)23)25-21-24-11-18-16-10-20(28-3)19(27-2)8-13(16)6-7-26(18)21/h4-5,8-12H,6-7H2,1-3H3,(H,24,25). The number of anilines is 1. The van der Waals surface area contributed by atoms with Gasteiger partial charge in [-0.25, -0.2) is 13.8 Å². The molecule has 1 aliphatic rings. The van der Waals surface area contributed by atoms with Crippen molar-refractivity contribution in [3.05, 3.63) is 59.3 Å². The van der Waals surface area contributed by atoms with Gasteiger partial charge in [0.15, 0.2) is 11.5 Å². The number of imidazole rings is 1. The quantitative estimate of drug-likeness (QED) is 0.699. The maximum atomic E-state index is 14.1. The van der Waals surface area contributed by atoms with E-state index >= 15 is 0 Å². The van der Waals surface area contributed by atoms with Crippen LogP contribution in [0.2, 0.25) is 0 Å². The van der Waals surface area contributed by atoms with Crippen molar-refractivity contribution in [2.24, 2.45) is 0 Å². The Labute approximate surface area is 161 Å². The highest BCUT2D eigenvalue weighted by Crippen LogP contribution is 2.39. The van der Waals surface area contributed by atoms with Gasteiger partial charge in [0.2, 0.25) is 5.95 Å². The summed E-state index contributed by atoms with van der Waals surface area (Å²) in [5.74, 6) is 0.840. The Balaban J connectivity index is 1.66. The van der Waals surface area contributed by atoms with Crippen LogP contribution in [0.5, 0.6) is 11.5 Å². The zero-order valence-electron chi connectivity index (χ0n) is 15.9. The van der Waals surface area contributed by atoms with E-state index in [0.717, 1.165) is 35.9 Å². The molecule has 0 aliphatic carbocycles. The van der Waals surface area contributed by atoms with Crippen LogP contribution < -0.4 is 14.8 Å². The number of benzene rings is 2. The van der Waals surface area contributed by atoms with Crippen molar-refractivity contribution in [2.45, 2.75) is 25.9 Å². The van der Waals surface area contributed by atoms with Gasteiger partial charge in [-0.05, 0) is 37.1 Å². The molecule has 0 spiro atoms. The van der Waals surface area contributed by atoms with Gasteiger partial charge in [-0.2, -0.15) is 0 Å². The fourth-order valence-electron chi connectivity index (χ4n) is 3.65. The van der Waals surface area contributed by atoms with Crippen LogP contribution >= 0.6 is 0 Å². The minimum Gasteiger partial charge on any atom is -0.493 e. The fourth-order valence-corrected chi connectivity index (χ4v) is 3.65. The van der Waals surface area contributed by atoms with Crippen molar-refractivity contribution in [1.29, 1.82) is 0 Å². The van der Waals surface area contributed by atoms with Crippen LogP contribution in [-0.4, -0.2) is 23.8 Å². The zero-order valence-corrected chi connectivity index (χ0v) is 15.9. The van der Waals surface area contributed by atoms with Gasteiger partial charge in [0.1, 0.15) is 11.6 Å². The summed E-state index contributed by atoms with van der Waals surface area (Å²) in [5.41, 5.74) is 3.54. The molecule has 3 aromatic rings. The first kappa shape index (κ1) is 18.3. The minimum atomic E-state index is -0.590. The molecule has 7 heteroatoms. The number of ether oxygens (including phenoxy) is 2. The molecule has 0 bridgehead atoms. The summed E-state index contributed by atoms with van der Waals surface area (Å²) < 4.78 is 40.1. The number of methoxy groups -OCH3 is 2. The predicted octanol–water partition coefficient (Wildman–Crippen LogP) is 4.57. The third-order valence-corrected chi connectivity index (χ3v) is 5.12. The molecule has 0 amide bonds. The SMILES string of the molecule is COc1cc2c(cc1OC)-c1cnc(NC(C)c3ccc(F)cc3F)n1CC2. The number of hydrogen-bond donors (Lipinski definition) is 1. The summed E-state index contributed by atoms with van der Waals surface area (Å²) in [4.78, 5) is 4.49. The monoisotopic (exact) mass is 385 g/mol. The normalized spacial score (nSPS) is 13.5. The molecule has 1 unspecified atom stereocenters. The summed E-state index contributed by atoms with van der Waals surface area (Å²) in [5, 5.41) is 3.24. The molecule has 5 nitrogen and oxygen atoms in total. The molecule has 4 rings (SSSR count).